The van der Waals surface area contributed by atoms with Crippen molar-refractivity contribution in [1.82, 2.24) is 4.90 Å². The Kier molecular flexibility index (Phi) is 7.15. The number of hydrogen-bond donors (Lipinski definition) is 0. The molecule has 1 unspecified atom stereocenters. The Balaban J connectivity index is 1.61. The summed E-state index contributed by atoms with van der Waals surface area (Å²) in [6, 6.07) is 16.3. The van der Waals surface area contributed by atoms with E-state index in [1.165, 1.54) is 12.1 Å². The van der Waals surface area contributed by atoms with Crippen molar-refractivity contribution in [3.8, 4) is 5.75 Å². The van der Waals surface area contributed by atoms with E-state index in [9.17, 15) is 4.79 Å². The summed E-state index contributed by atoms with van der Waals surface area (Å²) in [6.07, 6.45) is 3.33. The molecule has 2 aromatic carbocycles. The van der Waals surface area contributed by atoms with Crippen LogP contribution in [0, 0.1) is 0 Å². The number of amides is 1. The molecule has 1 fully saturated rings. The molecule has 1 aliphatic rings. The second kappa shape index (κ2) is 9.79. The van der Waals surface area contributed by atoms with Gasteiger partial charge in [0.1, 0.15) is 5.75 Å². The predicted octanol–water partition coefficient (Wildman–Crippen LogP) is 4.28. The summed E-state index contributed by atoms with van der Waals surface area (Å²) in [6.45, 7) is 4.97. The lowest BCUT2D eigenvalue weighted by molar-refractivity contribution is 0.0993. The highest BCUT2D eigenvalue weighted by atomic mass is 16.5. The molecule has 0 aromatic heterocycles. The van der Waals surface area contributed by atoms with Gasteiger partial charge in [-0.25, -0.2) is 0 Å². The molecule has 0 spiro atoms. The van der Waals surface area contributed by atoms with E-state index in [-0.39, 0.29) is 5.91 Å². The molecule has 2 aromatic rings. The smallest absolute Gasteiger partial charge is 0.258 e. The van der Waals surface area contributed by atoms with Crippen LogP contribution in [-0.2, 0) is 0 Å². The predicted molar refractivity (Wildman–Crippen MR) is 120 cm³/mol. The summed E-state index contributed by atoms with van der Waals surface area (Å²) in [5, 5.41) is 0. The fourth-order valence-electron chi connectivity index (χ4n) is 3.62. The van der Waals surface area contributed by atoms with E-state index >= 15 is 0 Å². The summed E-state index contributed by atoms with van der Waals surface area (Å²) in [5.41, 5.74) is 2.77. The second-order valence-electron chi connectivity index (χ2n) is 7.96. The molecular weight excluding hydrogens is 362 g/mol. The van der Waals surface area contributed by atoms with E-state index in [2.05, 4.69) is 43.0 Å². The van der Waals surface area contributed by atoms with Gasteiger partial charge < -0.3 is 19.4 Å². The molecule has 0 radical (unpaired) electrons. The minimum Gasteiger partial charge on any atom is -0.494 e. The van der Waals surface area contributed by atoms with Crippen LogP contribution in [0.2, 0.25) is 0 Å². The number of anilines is 2. The van der Waals surface area contributed by atoms with Crippen molar-refractivity contribution in [2.45, 2.75) is 32.2 Å². The van der Waals surface area contributed by atoms with E-state index in [4.69, 9.17) is 4.74 Å². The minimum absolute atomic E-state index is 0.0216. The summed E-state index contributed by atoms with van der Waals surface area (Å²) in [5.74, 6) is 0.787. The Morgan fingerprint density at radius 2 is 1.76 bits per heavy atom. The topological polar surface area (TPSA) is 36.0 Å². The Bertz CT molecular complexity index is 787. The van der Waals surface area contributed by atoms with Crippen molar-refractivity contribution in [1.29, 1.82) is 0 Å². The van der Waals surface area contributed by atoms with E-state index in [1.54, 1.807) is 4.90 Å². The minimum atomic E-state index is -0.0216. The fraction of sp³-hybridized carbons (Fsp3) is 0.458. The molecule has 1 amide bonds. The maximum Gasteiger partial charge on any atom is 0.258 e. The van der Waals surface area contributed by atoms with Crippen molar-refractivity contribution in [3.63, 3.8) is 0 Å². The first-order valence-corrected chi connectivity index (χ1v) is 10.5. The van der Waals surface area contributed by atoms with Crippen molar-refractivity contribution >= 4 is 17.3 Å². The maximum atomic E-state index is 12.8. The van der Waals surface area contributed by atoms with Gasteiger partial charge in [-0.05, 0) is 75.5 Å². The molecule has 156 valence electrons. The zero-order valence-electron chi connectivity index (χ0n) is 18.1. The Hall–Kier alpha value is -2.53. The van der Waals surface area contributed by atoms with Crippen LogP contribution >= 0.6 is 0 Å². The number of likely N-dealkylation sites (N-methyl/N-ethyl adjacent to an activating group) is 1. The lowest BCUT2D eigenvalue weighted by Crippen LogP contribution is -2.31. The van der Waals surface area contributed by atoms with Gasteiger partial charge in [0.15, 0.2) is 0 Å². The van der Waals surface area contributed by atoms with Gasteiger partial charge in [-0.2, -0.15) is 0 Å². The van der Waals surface area contributed by atoms with Crippen LogP contribution in [0.1, 0.15) is 36.5 Å². The molecule has 1 aliphatic heterocycles. The number of rotatable bonds is 8. The zero-order valence-corrected chi connectivity index (χ0v) is 18.1. The van der Waals surface area contributed by atoms with Crippen LogP contribution in [0.15, 0.2) is 48.5 Å². The second-order valence-corrected chi connectivity index (χ2v) is 7.96. The summed E-state index contributed by atoms with van der Waals surface area (Å²) < 4.78 is 5.68. The number of ether oxygens (including phenoxy) is 1. The highest BCUT2D eigenvalue weighted by molar-refractivity contribution is 6.05. The van der Waals surface area contributed by atoms with Gasteiger partial charge in [0.05, 0.1) is 6.61 Å². The Labute approximate surface area is 174 Å². The monoisotopic (exact) mass is 395 g/mol. The highest BCUT2D eigenvalue weighted by Gasteiger charge is 2.24. The SMILES string of the molecule is CCCCOc1ccc(C(=O)N(C)c2ccc(N3CCC(N(C)C)C3)cc2)cc1. The van der Waals surface area contributed by atoms with Gasteiger partial charge >= 0.3 is 0 Å². The molecular formula is C24H33N3O2. The lowest BCUT2D eigenvalue weighted by atomic mass is 10.1. The van der Waals surface area contributed by atoms with Crippen LogP contribution in [0.3, 0.4) is 0 Å². The largest absolute Gasteiger partial charge is 0.494 e. The molecule has 5 heteroatoms. The Morgan fingerprint density at radius 1 is 1.07 bits per heavy atom. The quantitative estimate of drug-likeness (QED) is 0.625. The number of benzene rings is 2. The van der Waals surface area contributed by atoms with Gasteiger partial charge in [0.25, 0.3) is 5.91 Å². The highest BCUT2D eigenvalue weighted by Crippen LogP contribution is 2.25. The van der Waals surface area contributed by atoms with Gasteiger partial charge in [-0.3, -0.25) is 4.79 Å². The number of unbranched alkanes of at least 4 members (excludes halogenated alkanes) is 1. The summed E-state index contributed by atoms with van der Waals surface area (Å²) in [4.78, 5) is 19.2. The molecule has 29 heavy (non-hydrogen) atoms. The molecule has 0 bridgehead atoms. The van der Waals surface area contributed by atoms with E-state index in [0.717, 1.165) is 37.4 Å². The first-order chi connectivity index (χ1) is 14.0. The van der Waals surface area contributed by atoms with Crippen molar-refractivity contribution < 1.29 is 9.53 Å². The lowest BCUT2D eigenvalue weighted by Gasteiger charge is -2.23. The first-order valence-electron chi connectivity index (χ1n) is 10.5. The van der Waals surface area contributed by atoms with Crippen molar-refractivity contribution in [2.24, 2.45) is 0 Å². The molecule has 0 N–H and O–H groups in total. The van der Waals surface area contributed by atoms with E-state index in [1.807, 2.05) is 43.4 Å². The normalized spacial score (nSPS) is 16.3. The van der Waals surface area contributed by atoms with E-state index < -0.39 is 0 Å². The average Bonchev–Trinajstić information content (AvgIpc) is 3.24. The third-order valence-corrected chi connectivity index (χ3v) is 5.67. The molecule has 0 saturated carbocycles. The number of nitrogens with zero attached hydrogens (tertiary/aromatic N) is 3. The maximum absolute atomic E-state index is 12.8. The summed E-state index contributed by atoms with van der Waals surface area (Å²) in [7, 11) is 6.10. The van der Waals surface area contributed by atoms with Gasteiger partial charge in [-0.1, -0.05) is 13.3 Å². The van der Waals surface area contributed by atoms with Crippen molar-refractivity contribution in [2.75, 3.05) is 50.6 Å². The summed E-state index contributed by atoms with van der Waals surface area (Å²) >= 11 is 0. The standard InChI is InChI=1S/C24H33N3O2/c1-5-6-17-29-23-13-7-19(8-14-23)24(28)26(4)20-9-11-21(12-10-20)27-16-15-22(18-27)25(2)3/h7-14,22H,5-6,15-18H2,1-4H3. The fourth-order valence-corrected chi connectivity index (χ4v) is 3.62. The number of carbonyl (C=O) groups excluding carboxylic acids is 1. The van der Waals surface area contributed by atoms with Gasteiger partial charge in [-0.15, -0.1) is 0 Å². The van der Waals surface area contributed by atoms with Crippen LogP contribution in [-0.4, -0.2) is 57.7 Å². The number of carbonyl (C=O) groups is 1. The van der Waals surface area contributed by atoms with E-state index in [0.29, 0.717) is 18.2 Å². The van der Waals surface area contributed by atoms with Gasteiger partial charge in [0.2, 0.25) is 0 Å². The Morgan fingerprint density at radius 3 is 2.34 bits per heavy atom. The third-order valence-electron chi connectivity index (χ3n) is 5.67. The third kappa shape index (κ3) is 5.30. The molecule has 3 rings (SSSR count). The molecule has 1 heterocycles. The van der Waals surface area contributed by atoms with Crippen LogP contribution in [0.4, 0.5) is 11.4 Å². The van der Waals surface area contributed by atoms with Gasteiger partial charge in [0, 0.05) is 43.1 Å². The molecule has 1 saturated heterocycles. The average molecular weight is 396 g/mol. The van der Waals surface area contributed by atoms with Crippen molar-refractivity contribution in [3.05, 3.63) is 54.1 Å². The zero-order chi connectivity index (χ0) is 20.8. The molecule has 0 aliphatic carbocycles. The first kappa shape index (κ1) is 21.2. The molecule has 5 nitrogen and oxygen atoms in total. The van der Waals surface area contributed by atoms with Crippen LogP contribution in [0.5, 0.6) is 5.75 Å². The number of hydrogen-bond acceptors (Lipinski definition) is 4. The van der Waals surface area contributed by atoms with Crippen LogP contribution in [0.25, 0.3) is 0 Å². The molecule has 1 atom stereocenters. The van der Waals surface area contributed by atoms with Crippen LogP contribution < -0.4 is 14.5 Å².